The van der Waals surface area contributed by atoms with Crippen LogP contribution in [0.2, 0.25) is 0 Å². The van der Waals surface area contributed by atoms with Crippen LogP contribution in [0.15, 0.2) is 12.3 Å². The van der Waals surface area contributed by atoms with Crippen LogP contribution in [-0.2, 0) is 13.5 Å². The normalized spacial score (nSPS) is 22.0. The Morgan fingerprint density at radius 2 is 2.44 bits per heavy atom. The SMILES string of the molecule is CCCNC(Cc1ccn(C)n1)C1CCCCS1. The molecule has 1 aliphatic rings. The highest BCUT2D eigenvalue weighted by Gasteiger charge is 2.24. The minimum atomic E-state index is 0.588. The fourth-order valence-corrected chi connectivity index (χ4v) is 3.98. The topological polar surface area (TPSA) is 29.9 Å². The second kappa shape index (κ2) is 7.19. The minimum absolute atomic E-state index is 0.588. The van der Waals surface area contributed by atoms with Gasteiger partial charge in [-0.05, 0) is 37.6 Å². The van der Waals surface area contributed by atoms with Crippen molar-refractivity contribution in [2.45, 2.75) is 50.3 Å². The van der Waals surface area contributed by atoms with E-state index in [9.17, 15) is 0 Å². The molecule has 0 amide bonds. The van der Waals surface area contributed by atoms with Gasteiger partial charge in [0.05, 0.1) is 5.69 Å². The molecule has 2 unspecified atom stereocenters. The molecular formula is C14H25N3S. The van der Waals surface area contributed by atoms with Gasteiger partial charge in [-0.25, -0.2) is 0 Å². The summed E-state index contributed by atoms with van der Waals surface area (Å²) >= 11 is 2.15. The Bertz CT molecular complexity index is 345. The zero-order valence-electron chi connectivity index (χ0n) is 11.6. The standard InChI is InChI=1S/C14H25N3S/c1-3-8-15-13(14-6-4-5-10-18-14)11-12-7-9-17(2)16-12/h7,9,13-15H,3-6,8,10-11H2,1-2H3. The van der Waals surface area contributed by atoms with Crippen LogP contribution >= 0.6 is 11.8 Å². The lowest BCUT2D eigenvalue weighted by Gasteiger charge is -2.30. The molecule has 0 spiro atoms. The molecule has 1 N–H and O–H groups in total. The van der Waals surface area contributed by atoms with Crippen molar-refractivity contribution in [1.29, 1.82) is 0 Å². The number of hydrogen-bond acceptors (Lipinski definition) is 3. The minimum Gasteiger partial charge on any atom is -0.312 e. The largest absolute Gasteiger partial charge is 0.312 e. The van der Waals surface area contributed by atoms with Crippen LogP contribution in [0.5, 0.6) is 0 Å². The molecule has 1 aromatic rings. The van der Waals surface area contributed by atoms with Crippen LogP contribution in [-0.4, -0.2) is 33.4 Å². The lowest BCUT2D eigenvalue weighted by atomic mass is 10.0. The van der Waals surface area contributed by atoms with Crippen LogP contribution < -0.4 is 5.32 Å². The Labute approximate surface area is 115 Å². The highest BCUT2D eigenvalue weighted by molar-refractivity contribution is 8.00. The quantitative estimate of drug-likeness (QED) is 0.859. The summed E-state index contributed by atoms with van der Waals surface area (Å²) in [5.41, 5.74) is 1.22. The van der Waals surface area contributed by atoms with E-state index in [2.05, 4.69) is 35.2 Å². The van der Waals surface area contributed by atoms with Crippen molar-refractivity contribution in [3.63, 3.8) is 0 Å². The van der Waals surface area contributed by atoms with Gasteiger partial charge in [0.2, 0.25) is 0 Å². The third kappa shape index (κ3) is 4.02. The monoisotopic (exact) mass is 267 g/mol. The van der Waals surface area contributed by atoms with Gasteiger partial charge in [0, 0.05) is 31.0 Å². The van der Waals surface area contributed by atoms with Crippen LogP contribution in [0.25, 0.3) is 0 Å². The van der Waals surface area contributed by atoms with Gasteiger partial charge < -0.3 is 5.32 Å². The average Bonchev–Trinajstić information content (AvgIpc) is 2.81. The molecule has 0 aliphatic carbocycles. The molecule has 1 aromatic heterocycles. The van der Waals surface area contributed by atoms with E-state index in [1.807, 2.05) is 17.9 Å². The number of hydrogen-bond donors (Lipinski definition) is 1. The first-order valence-corrected chi connectivity index (χ1v) is 8.18. The molecule has 1 fully saturated rings. The van der Waals surface area contributed by atoms with Crippen molar-refractivity contribution >= 4 is 11.8 Å². The van der Waals surface area contributed by atoms with Crippen LogP contribution in [0.1, 0.15) is 38.3 Å². The van der Waals surface area contributed by atoms with Crippen molar-refractivity contribution in [1.82, 2.24) is 15.1 Å². The van der Waals surface area contributed by atoms with E-state index in [-0.39, 0.29) is 0 Å². The summed E-state index contributed by atoms with van der Waals surface area (Å²) in [5.74, 6) is 1.33. The van der Waals surface area contributed by atoms with E-state index < -0.39 is 0 Å². The Morgan fingerprint density at radius 1 is 1.56 bits per heavy atom. The third-order valence-corrected chi connectivity index (χ3v) is 5.03. The van der Waals surface area contributed by atoms with Gasteiger partial charge in [-0.3, -0.25) is 4.68 Å². The first kappa shape index (κ1) is 13.9. The summed E-state index contributed by atoms with van der Waals surface area (Å²) in [6.07, 6.45) is 8.46. The van der Waals surface area contributed by atoms with E-state index in [0.717, 1.165) is 18.2 Å². The summed E-state index contributed by atoms with van der Waals surface area (Å²) < 4.78 is 1.90. The Kier molecular flexibility index (Phi) is 5.57. The van der Waals surface area contributed by atoms with Gasteiger partial charge >= 0.3 is 0 Å². The summed E-state index contributed by atoms with van der Waals surface area (Å²) in [5, 5.41) is 9.02. The summed E-state index contributed by atoms with van der Waals surface area (Å²) in [6.45, 7) is 3.35. The number of nitrogens with one attached hydrogen (secondary N) is 1. The number of aromatic nitrogens is 2. The summed E-state index contributed by atoms with van der Waals surface area (Å²) in [4.78, 5) is 0. The first-order chi connectivity index (χ1) is 8.79. The maximum absolute atomic E-state index is 4.52. The smallest absolute Gasteiger partial charge is 0.0640 e. The molecule has 4 heteroatoms. The van der Waals surface area contributed by atoms with E-state index in [4.69, 9.17) is 0 Å². The van der Waals surface area contributed by atoms with Gasteiger partial charge in [0.1, 0.15) is 0 Å². The van der Waals surface area contributed by atoms with Crippen LogP contribution in [0.4, 0.5) is 0 Å². The number of rotatable bonds is 6. The van der Waals surface area contributed by atoms with Crippen LogP contribution in [0, 0.1) is 0 Å². The fourth-order valence-electron chi connectivity index (χ4n) is 2.55. The zero-order chi connectivity index (χ0) is 12.8. The maximum atomic E-state index is 4.52. The van der Waals surface area contributed by atoms with Gasteiger partial charge in [0.15, 0.2) is 0 Å². The second-order valence-electron chi connectivity index (χ2n) is 5.15. The van der Waals surface area contributed by atoms with Crippen LogP contribution in [0.3, 0.4) is 0 Å². The van der Waals surface area contributed by atoms with E-state index in [1.54, 1.807) is 0 Å². The fraction of sp³-hybridized carbons (Fsp3) is 0.786. The van der Waals surface area contributed by atoms with Gasteiger partial charge in [-0.2, -0.15) is 16.9 Å². The molecule has 0 saturated carbocycles. The van der Waals surface area contributed by atoms with Crippen molar-refractivity contribution in [2.75, 3.05) is 12.3 Å². The summed E-state index contributed by atoms with van der Waals surface area (Å²) in [6, 6.07) is 2.74. The molecule has 1 saturated heterocycles. The highest BCUT2D eigenvalue weighted by Crippen LogP contribution is 2.28. The van der Waals surface area contributed by atoms with Crippen molar-refractivity contribution in [3.05, 3.63) is 18.0 Å². The lowest BCUT2D eigenvalue weighted by Crippen LogP contribution is -2.41. The lowest BCUT2D eigenvalue weighted by molar-refractivity contribution is 0.456. The molecule has 102 valence electrons. The van der Waals surface area contributed by atoms with E-state index >= 15 is 0 Å². The second-order valence-corrected chi connectivity index (χ2v) is 6.50. The Hall–Kier alpha value is -0.480. The van der Waals surface area contributed by atoms with Gasteiger partial charge in [-0.15, -0.1) is 0 Å². The molecule has 1 aliphatic heterocycles. The molecule has 0 aromatic carbocycles. The molecule has 0 bridgehead atoms. The highest BCUT2D eigenvalue weighted by atomic mass is 32.2. The Morgan fingerprint density at radius 3 is 3.06 bits per heavy atom. The van der Waals surface area contributed by atoms with Crippen molar-refractivity contribution < 1.29 is 0 Å². The van der Waals surface area contributed by atoms with Crippen molar-refractivity contribution in [2.24, 2.45) is 7.05 Å². The number of nitrogens with zero attached hydrogens (tertiary/aromatic N) is 2. The molecule has 2 rings (SSSR count). The molecule has 18 heavy (non-hydrogen) atoms. The van der Waals surface area contributed by atoms with Crippen molar-refractivity contribution in [3.8, 4) is 0 Å². The molecule has 3 nitrogen and oxygen atoms in total. The van der Waals surface area contributed by atoms with Gasteiger partial charge in [0.25, 0.3) is 0 Å². The third-order valence-electron chi connectivity index (χ3n) is 3.52. The number of thioether (sulfide) groups is 1. The number of aryl methyl sites for hydroxylation is 1. The molecule has 2 heterocycles. The Balaban J connectivity index is 1.94. The van der Waals surface area contributed by atoms with E-state index in [0.29, 0.717) is 6.04 Å². The van der Waals surface area contributed by atoms with Gasteiger partial charge in [-0.1, -0.05) is 13.3 Å². The predicted molar refractivity (Wildman–Crippen MR) is 79.1 cm³/mol. The predicted octanol–water partition coefficient (Wildman–Crippen LogP) is 2.62. The molecule has 0 radical (unpaired) electrons. The average molecular weight is 267 g/mol. The molecule has 2 atom stereocenters. The zero-order valence-corrected chi connectivity index (χ0v) is 12.4. The summed E-state index contributed by atoms with van der Waals surface area (Å²) in [7, 11) is 1.99. The maximum Gasteiger partial charge on any atom is 0.0640 e. The van der Waals surface area contributed by atoms with E-state index in [1.165, 1.54) is 37.1 Å². The first-order valence-electron chi connectivity index (χ1n) is 7.13. The molecular weight excluding hydrogens is 242 g/mol.